The summed E-state index contributed by atoms with van der Waals surface area (Å²) in [7, 11) is 0. The van der Waals surface area contributed by atoms with Crippen molar-refractivity contribution in [2.45, 2.75) is 18.6 Å². The van der Waals surface area contributed by atoms with E-state index in [1.807, 2.05) is 30.3 Å². The van der Waals surface area contributed by atoms with Crippen LogP contribution in [0, 0.1) is 0 Å². The number of aliphatic hydroxyl groups is 1. The number of hydrogen-bond donors (Lipinski definition) is 3. The molecule has 2 aromatic carbocycles. The molecule has 0 radical (unpaired) electrons. The maximum Gasteiger partial charge on any atom is 0.268 e. The molecular formula is C23H24ClN3O4. The number of carbonyl (C=O) groups is 2. The molecule has 8 heteroatoms. The Labute approximate surface area is 185 Å². The van der Waals surface area contributed by atoms with Crippen LogP contribution in [0.15, 0.2) is 54.6 Å². The topological polar surface area (TPSA) is 94.7 Å². The lowest BCUT2D eigenvalue weighted by Gasteiger charge is -2.31. The lowest BCUT2D eigenvalue weighted by molar-refractivity contribution is -0.145. The van der Waals surface area contributed by atoms with Gasteiger partial charge in [-0.2, -0.15) is 0 Å². The van der Waals surface area contributed by atoms with Crippen LogP contribution < -0.4 is 5.32 Å². The average molecular weight is 442 g/mol. The molecule has 4 rings (SSSR count). The fourth-order valence-corrected chi connectivity index (χ4v) is 3.91. The molecule has 3 N–H and O–H groups in total. The van der Waals surface area contributed by atoms with E-state index in [0.717, 1.165) is 16.5 Å². The number of halogens is 1. The highest BCUT2D eigenvalue weighted by Gasteiger charge is 2.32. The normalized spacial score (nSPS) is 16.1. The number of ether oxygens (including phenoxy) is 1. The number of fused-ring (bicyclic) bond motifs is 1. The predicted octanol–water partition coefficient (Wildman–Crippen LogP) is 2.38. The van der Waals surface area contributed by atoms with Gasteiger partial charge in [0, 0.05) is 29.0 Å². The number of aliphatic hydroxyl groups excluding tert-OH is 1. The first-order valence-electron chi connectivity index (χ1n) is 10.2. The van der Waals surface area contributed by atoms with Crippen LogP contribution in [0.2, 0.25) is 5.02 Å². The minimum atomic E-state index is -1.37. The number of H-pyrrole nitrogens is 1. The molecule has 0 unspecified atom stereocenters. The predicted molar refractivity (Wildman–Crippen MR) is 118 cm³/mol. The Hall–Kier alpha value is -2.87. The smallest absolute Gasteiger partial charge is 0.268 e. The summed E-state index contributed by atoms with van der Waals surface area (Å²) >= 11 is 6.03. The minimum Gasteiger partial charge on any atom is -0.381 e. The molecule has 1 aliphatic heterocycles. The molecule has 7 nitrogen and oxygen atoms in total. The number of benzene rings is 2. The van der Waals surface area contributed by atoms with Crippen LogP contribution in [0.1, 0.15) is 16.1 Å². The lowest BCUT2D eigenvalue weighted by Crippen LogP contribution is -2.54. The number of aromatic nitrogens is 1. The van der Waals surface area contributed by atoms with Gasteiger partial charge in [0.15, 0.2) is 6.10 Å². The molecule has 3 aromatic rings. The van der Waals surface area contributed by atoms with E-state index >= 15 is 0 Å². The zero-order valence-corrected chi connectivity index (χ0v) is 17.6. The maximum atomic E-state index is 13.0. The highest BCUT2D eigenvalue weighted by molar-refractivity contribution is 6.31. The van der Waals surface area contributed by atoms with Crippen LogP contribution in [0.3, 0.4) is 0 Å². The van der Waals surface area contributed by atoms with Crippen molar-refractivity contribution in [3.8, 4) is 0 Å². The Morgan fingerprint density at radius 2 is 1.87 bits per heavy atom. The molecule has 0 saturated carbocycles. The lowest BCUT2D eigenvalue weighted by atomic mass is 10.00. The fraction of sp³-hybridized carbons (Fsp3) is 0.304. The monoisotopic (exact) mass is 441 g/mol. The summed E-state index contributed by atoms with van der Waals surface area (Å²) in [4.78, 5) is 30.5. The zero-order chi connectivity index (χ0) is 21.8. The van der Waals surface area contributed by atoms with E-state index in [1.54, 1.807) is 29.2 Å². The number of nitrogens with one attached hydrogen (secondary N) is 2. The Bertz CT molecular complexity index is 1060. The van der Waals surface area contributed by atoms with Gasteiger partial charge in [-0.3, -0.25) is 9.59 Å². The number of aromatic amines is 1. The third kappa shape index (κ3) is 5.07. The Balaban J connectivity index is 1.55. The van der Waals surface area contributed by atoms with Crippen molar-refractivity contribution in [1.29, 1.82) is 0 Å². The molecule has 0 aliphatic carbocycles. The standard InChI is InChI=1S/C23H24ClN3O4/c24-17-6-7-18-16(13-17)14-20(25-18)22(29)26-19(12-15-4-2-1-3-5-15)21(28)23(30)27-8-10-31-11-9-27/h1-7,13-14,19,21,25,28H,8-12H2,(H,26,29)/t19-,21+/m0/s1. The van der Waals surface area contributed by atoms with Gasteiger partial charge in [-0.1, -0.05) is 41.9 Å². The van der Waals surface area contributed by atoms with Crippen LogP contribution in [0.25, 0.3) is 10.9 Å². The third-order valence-corrected chi connectivity index (χ3v) is 5.63. The van der Waals surface area contributed by atoms with E-state index in [9.17, 15) is 14.7 Å². The summed E-state index contributed by atoms with van der Waals surface area (Å²) in [6, 6.07) is 15.7. The number of carbonyl (C=O) groups excluding carboxylic acids is 2. The maximum absolute atomic E-state index is 13.0. The molecule has 0 spiro atoms. The SMILES string of the molecule is O=C(N[C@@H](Cc1ccccc1)[C@@H](O)C(=O)N1CCOCC1)c1cc2cc(Cl)ccc2[nH]1. The summed E-state index contributed by atoms with van der Waals surface area (Å²) in [6.07, 6.45) is -1.06. The molecule has 162 valence electrons. The van der Waals surface area contributed by atoms with Crippen molar-refractivity contribution in [3.63, 3.8) is 0 Å². The Morgan fingerprint density at radius 3 is 2.61 bits per heavy atom. The van der Waals surface area contributed by atoms with Crippen LogP contribution in [-0.2, 0) is 16.0 Å². The minimum absolute atomic E-state index is 0.315. The second kappa shape index (κ2) is 9.51. The molecule has 1 aromatic heterocycles. The third-order valence-electron chi connectivity index (χ3n) is 5.40. The summed E-state index contributed by atoms with van der Waals surface area (Å²) in [5, 5.41) is 15.1. The molecular weight excluding hydrogens is 418 g/mol. The van der Waals surface area contributed by atoms with Crippen LogP contribution in [-0.4, -0.2) is 65.3 Å². The number of amides is 2. The van der Waals surface area contributed by atoms with E-state index in [1.165, 1.54) is 0 Å². The van der Waals surface area contributed by atoms with Crippen LogP contribution >= 0.6 is 11.6 Å². The number of hydrogen-bond acceptors (Lipinski definition) is 4. The van der Waals surface area contributed by atoms with Crippen LogP contribution in [0.4, 0.5) is 0 Å². The molecule has 31 heavy (non-hydrogen) atoms. The first-order chi connectivity index (χ1) is 15.0. The molecule has 2 heterocycles. The van der Waals surface area contributed by atoms with E-state index < -0.39 is 24.0 Å². The molecule has 1 fully saturated rings. The first-order valence-corrected chi connectivity index (χ1v) is 10.6. The second-order valence-electron chi connectivity index (χ2n) is 7.57. The molecule has 1 saturated heterocycles. The van der Waals surface area contributed by atoms with Crippen molar-refractivity contribution in [2.24, 2.45) is 0 Å². The molecule has 0 bridgehead atoms. The van der Waals surface area contributed by atoms with E-state index in [2.05, 4.69) is 10.3 Å². The van der Waals surface area contributed by atoms with Crippen molar-refractivity contribution < 1.29 is 19.4 Å². The number of morpholine rings is 1. The van der Waals surface area contributed by atoms with E-state index in [4.69, 9.17) is 16.3 Å². The summed E-state index contributed by atoms with van der Waals surface area (Å²) in [5.41, 5.74) is 2.02. The quantitative estimate of drug-likeness (QED) is 0.547. The van der Waals surface area contributed by atoms with Gasteiger partial charge in [0.2, 0.25) is 0 Å². The number of rotatable bonds is 6. The van der Waals surface area contributed by atoms with Crippen LogP contribution in [0.5, 0.6) is 0 Å². The van der Waals surface area contributed by atoms with Gasteiger partial charge in [0.1, 0.15) is 5.69 Å². The highest BCUT2D eigenvalue weighted by Crippen LogP contribution is 2.20. The van der Waals surface area contributed by atoms with Gasteiger partial charge in [0.05, 0.1) is 19.3 Å². The van der Waals surface area contributed by atoms with E-state index in [-0.39, 0.29) is 0 Å². The summed E-state index contributed by atoms with van der Waals surface area (Å²) in [5.74, 6) is -0.810. The van der Waals surface area contributed by atoms with Crippen molar-refractivity contribution in [3.05, 3.63) is 70.9 Å². The van der Waals surface area contributed by atoms with Gasteiger partial charge < -0.3 is 25.0 Å². The summed E-state index contributed by atoms with van der Waals surface area (Å²) in [6.45, 7) is 1.72. The first kappa shape index (κ1) is 21.4. The van der Waals surface area contributed by atoms with Gasteiger partial charge in [-0.15, -0.1) is 0 Å². The van der Waals surface area contributed by atoms with Crippen molar-refractivity contribution >= 4 is 34.3 Å². The largest absolute Gasteiger partial charge is 0.381 e. The van der Waals surface area contributed by atoms with Gasteiger partial charge >= 0.3 is 0 Å². The van der Waals surface area contributed by atoms with Gasteiger partial charge in [-0.25, -0.2) is 0 Å². The highest BCUT2D eigenvalue weighted by atomic mass is 35.5. The molecule has 2 amide bonds. The van der Waals surface area contributed by atoms with Crippen molar-refractivity contribution in [1.82, 2.24) is 15.2 Å². The summed E-state index contributed by atoms with van der Waals surface area (Å²) < 4.78 is 5.29. The van der Waals surface area contributed by atoms with Gasteiger partial charge in [-0.05, 0) is 36.2 Å². The fourth-order valence-electron chi connectivity index (χ4n) is 3.72. The average Bonchev–Trinajstić information content (AvgIpc) is 3.22. The van der Waals surface area contributed by atoms with Crippen molar-refractivity contribution in [2.75, 3.05) is 26.3 Å². The van der Waals surface area contributed by atoms with Gasteiger partial charge in [0.25, 0.3) is 11.8 Å². The molecule has 2 atom stereocenters. The Morgan fingerprint density at radius 1 is 1.13 bits per heavy atom. The second-order valence-corrected chi connectivity index (χ2v) is 8.00. The number of nitrogens with zero attached hydrogens (tertiary/aromatic N) is 1. The zero-order valence-electron chi connectivity index (χ0n) is 16.9. The molecule has 1 aliphatic rings. The van der Waals surface area contributed by atoms with E-state index in [0.29, 0.717) is 43.4 Å². The Kier molecular flexibility index (Phi) is 6.56.